The average Bonchev–Trinajstić information content (AvgIpc) is 2.94. The normalized spacial score (nSPS) is 16.8. The minimum atomic E-state index is -1.04. The third-order valence-corrected chi connectivity index (χ3v) is 3.82. The van der Waals surface area contributed by atoms with E-state index in [2.05, 4.69) is 6.07 Å². The van der Waals surface area contributed by atoms with Crippen LogP contribution in [0.1, 0.15) is 23.7 Å². The van der Waals surface area contributed by atoms with Crippen molar-refractivity contribution in [1.29, 1.82) is 5.26 Å². The van der Waals surface area contributed by atoms with E-state index in [-0.39, 0.29) is 12.8 Å². The van der Waals surface area contributed by atoms with E-state index in [1.54, 1.807) is 12.1 Å². The molecule has 0 fully saturated rings. The van der Waals surface area contributed by atoms with E-state index in [0.717, 1.165) is 10.4 Å². The molecule has 2 heterocycles. The van der Waals surface area contributed by atoms with Crippen LogP contribution >= 0.6 is 0 Å². The Kier molecular flexibility index (Phi) is 3.31. The Morgan fingerprint density at radius 3 is 2.82 bits per heavy atom. The van der Waals surface area contributed by atoms with Crippen LogP contribution in [0.5, 0.6) is 0 Å². The molecular formula is C15H13N3O4. The predicted molar refractivity (Wildman–Crippen MR) is 75.9 cm³/mol. The van der Waals surface area contributed by atoms with Crippen LogP contribution in [0.4, 0.5) is 4.79 Å². The van der Waals surface area contributed by atoms with Crippen molar-refractivity contribution in [2.75, 3.05) is 7.11 Å². The van der Waals surface area contributed by atoms with E-state index in [0.29, 0.717) is 16.8 Å². The molecule has 0 saturated heterocycles. The highest BCUT2D eigenvalue weighted by Crippen LogP contribution is 2.40. The molecule has 1 N–H and O–H groups in total. The van der Waals surface area contributed by atoms with E-state index in [4.69, 9.17) is 15.2 Å². The largest absolute Gasteiger partial charge is 0.481 e. The molecule has 22 heavy (non-hydrogen) atoms. The number of carboxylic acid groups (broad SMARTS) is 1. The first-order valence-corrected chi connectivity index (χ1v) is 6.68. The first kappa shape index (κ1) is 14.1. The number of carbonyl (C=O) groups is 2. The second-order valence-electron chi connectivity index (χ2n) is 4.96. The van der Waals surface area contributed by atoms with Gasteiger partial charge in [0.2, 0.25) is 0 Å². The molecule has 1 aromatic heterocycles. The Morgan fingerprint density at radius 2 is 2.18 bits per heavy atom. The summed E-state index contributed by atoms with van der Waals surface area (Å²) in [6.07, 6.45) is -0.182. The number of fused-ring (bicyclic) bond motifs is 3. The van der Waals surface area contributed by atoms with Gasteiger partial charge in [-0.25, -0.2) is 4.79 Å². The first-order valence-electron chi connectivity index (χ1n) is 6.68. The third-order valence-electron chi connectivity index (χ3n) is 3.82. The fourth-order valence-corrected chi connectivity index (χ4v) is 3.04. The molecule has 1 amide bonds. The van der Waals surface area contributed by atoms with Gasteiger partial charge < -0.3 is 5.11 Å². The lowest BCUT2D eigenvalue weighted by atomic mass is 10.0. The summed E-state index contributed by atoms with van der Waals surface area (Å²) in [5.74, 6) is -1.04. The van der Waals surface area contributed by atoms with Crippen molar-refractivity contribution in [1.82, 2.24) is 9.63 Å². The average molecular weight is 299 g/mol. The molecular weight excluding hydrogens is 286 g/mol. The van der Waals surface area contributed by atoms with E-state index in [9.17, 15) is 9.59 Å². The highest BCUT2D eigenvalue weighted by Gasteiger charge is 2.42. The first-order chi connectivity index (χ1) is 10.6. The third kappa shape index (κ3) is 1.85. The number of hydrogen-bond acceptors (Lipinski definition) is 4. The van der Waals surface area contributed by atoms with Crippen molar-refractivity contribution in [2.24, 2.45) is 0 Å². The van der Waals surface area contributed by atoms with Crippen molar-refractivity contribution in [2.45, 2.75) is 18.9 Å². The highest BCUT2D eigenvalue weighted by atomic mass is 16.7. The lowest BCUT2D eigenvalue weighted by molar-refractivity contribution is -0.146. The van der Waals surface area contributed by atoms with Crippen LogP contribution in [-0.4, -0.2) is 33.8 Å². The van der Waals surface area contributed by atoms with Crippen LogP contribution in [-0.2, 0) is 16.1 Å². The molecule has 0 saturated carbocycles. The van der Waals surface area contributed by atoms with Crippen molar-refractivity contribution in [3.05, 3.63) is 35.5 Å². The zero-order chi connectivity index (χ0) is 15.9. The summed E-state index contributed by atoms with van der Waals surface area (Å²) in [5.41, 5.74) is 1.86. The number of nitrogens with zero attached hydrogens (tertiary/aromatic N) is 3. The number of para-hydroxylation sites is 1. The van der Waals surface area contributed by atoms with E-state index >= 15 is 0 Å². The van der Waals surface area contributed by atoms with Gasteiger partial charge in [-0.05, 0) is 11.6 Å². The van der Waals surface area contributed by atoms with Gasteiger partial charge in [-0.1, -0.05) is 18.2 Å². The molecule has 1 atom stereocenters. The molecule has 7 heteroatoms. The smallest absolute Gasteiger partial charge is 0.353 e. The summed E-state index contributed by atoms with van der Waals surface area (Å²) in [5, 5.41) is 20.1. The van der Waals surface area contributed by atoms with Gasteiger partial charge in [-0.15, -0.1) is 0 Å². The number of hydrogen-bond donors (Lipinski definition) is 1. The second kappa shape index (κ2) is 5.16. The number of hydroxylamine groups is 2. The quantitative estimate of drug-likeness (QED) is 0.932. The second-order valence-corrected chi connectivity index (χ2v) is 4.96. The van der Waals surface area contributed by atoms with Crippen molar-refractivity contribution < 1.29 is 19.5 Å². The van der Waals surface area contributed by atoms with Gasteiger partial charge in [-0.3, -0.25) is 14.2 Å². The zero-order valence-electron chi connectivity index (χ0n) is 11.8. The van der Waals surface area contributed by atoms with Gasteiger partial charge in [0.1, 0.15) is 6.04 Å². The van der Waals surface area contributed by atoms with Crippen LogP contribution in [0.2, 0.25) is 0 Å². The summed E-state index contributed by atoms with van der Waals surface area (Å²) in [7, 11) is 1.32. The van der Waals surface area contributed by atoms with Gasteiger partial charge >= 0.3 is 12.0 Å². The van der Waals surface area contributed by atoms with Gasteiger partial charge in [0.25, 0.3) is 0 Å². The number of carboxylic acids is 1. The van der Waals surface area contributed by atoms with Crippen LogP contribution in [0.3, 0.4) is 0 Å². The number of carbonyl (C=O) groups excluding carboxylic acids is 1. The number of aromatic nitrogens is 1. The van der Waals surface area contributed by atoms with E-state index in [1.165, 1.54) is 11.7 Å². The Bertz CT molecular complexity index is 818. The molecule has 0 bridgehead atoms. The lowest BCUT2D eigenvalue weighted by Crippen LogP contribution is -2.29. The van der Waals surface area contributed by atoms with Crippen molar-refractivity contribution >= 4 is 22.9 Å². The molecule has 1 aliphatic rings. The molecule has 112 valence electrons. The zero-order valence-corrected chi connectivity index (χ0v) is 11.8. The maximum atomic E-state index is 12.5. The van der Waals surface area contributed by atoms with Crippen molar-refractivity contribution in [3.8, 4) is 6.07 Å². The van der Waals surface area contributed by atoms with E-state index < -0.39 is 18.0 Å². The Hall–Kier alpha value is -2.85. The molecule has 0 radical (unpaired) electrons. The minimum Gasteiger partial charge on any atom is -0.481 e. The number of nitriles is 1. The predicted octanol–water partition coefficient (Wildman–Crippen LogP) is 2.07. The molecule has 1 aromatic carbocycles. The van der Waals surface area contributed by atoms with Gasteiger partial charge in [0.05, 0.1) is 37.2 Å². The Labute approximate surface area is 125 Å². The van der Waals surface area contributed by atoms with E-state index in [1.807, 2.05) is 12.1 Å². The summed E-state index contributed by atoms with van der Waals surface area (Å²) < 4.78 is 1.44. The number of rotatable bonds is 4. The Balaban J connectivity index is 2.30. The minimum absolute atomic E-state index is 0.101. The fourth-order valence-electron chi connectivity index (χ4n) is 3.04. The van der Waals surface area contributed by atoms with Crippen LogP contribution in [0, 0.1) is 11.3 Å². The fraction of sp³-hybridized carbons (Fsp3) is 0.267. The SMILES string of the molecule is CON1C(=O)n2c(c(CC#N)c3ccccc32)C1CC(=O)O. The molecule has 1 aliphatic heterocycles. The molecule has 3 rings (SSSR count). The van der Waals surface area contributed by atoms with Crippen LogP contribution in [0.15, 0.2) is 24.3 Å². The molecule has 1 unspecified atom stereocenters. The lowest BCUT2D eigenvalue weighted by Gasteiger charge is -2.20. The van der Waals surface area contributed by atoms with Gasteiger partial charge in [0.15, 0.2) is 0 Å². The number of aliphatic carboxylic acids is 1. The van der Waals surface area contributed by atoms with Crippen LogP contribution < -0.4 is 0 Å². The monoisotopic (exact) mass is 299 g/mol. The molecule has 0 aliphatic carbocycles. The standard InChI is InChI=1S/C15H13N3O4/c1-22-18-12(8-13(19)20)14-10(6-7-16)9-4-2-3-5-11(9)17(14)15(18)21/h2-5,12H,6,8H2,1H3,(H,19,20). The number of amides is 1. The summed E-state index contributed by atoms with van der Waals surface area (Å²) in [6.45, 7) is 0. The maximum Gasteiger partial charge on any atom is 0.353 e. The molecule has 2 aromatic rings. The number of benzene rings is 1. The summed E-state index contributed by atoms with van der Waals surface area (Å²) in [4.78, 5) is 28.8. The highest BCUT2D eigenvalue weighted by molar-refractivity contribution is 5.98. The Morgan fingerprint density at radius 1 is 1.45 bits per heavy atom. The summed E-state index contributed by atoms with van der Waals surface area (Å²) in [6, 6.07) is 8.11. The topological polar surface area (TPSA) is 95.6 Å². The summed E-state index contributed by atoms with van der Waals surface area (Å²) >= 11 is 0. The van der Waals surface area contributed by atoms with Gasteiger partial charge in [-0.2, -0.15) is 10.3 Å². The molecule has 0 spiro atoms. The van der Waals surface area contributed by atoms with Crippen molar-refractivity contribution in [3.63, 3.8) is 0 Å². The maximum absolute atomic E-state index is 12.5. The van der Waals surface area contributed by atoms with Gasteiger partial charge in [0, 0.05) is 5.39 Å². The van der Waals surface area contributed by atoms with Crippen LogP contribution in [0.25, 0.3) is 10.9 Å². The molecule has 7 nitrogen and oxygen atoms in total.